The lowest BCUT2D eigenvalue weighted by atomic mass is 9.94. The first-order valence-electron chi connectivity index (χ1n) is 6.54. The third kappa shape index (κ3) is 6.08. The molecule has 22 heavy (non-hydrogen) atoms. The summed E-state index contributed by atoms with van der Waals surface area (Å²) in [6.07, 6.45) is -0.0394. The van der Waals surface area contributed by atoms with Gasteiger partial charge in [0, 0.05) is 24.0 Å². The van der Waals surface area contributed by atoms with E-state index in [-0.39, 0.29) is 41.0 Å². The van der Waals surface area contributed by atoms with Gasteiger partial charge < -0.3 is 9.58 Å². The molecule has 0 spiro atoms. The molecule has 0 saturated carbocycles. The molecule has 0 radical (unpaired) electrons. The molecule has 0 N–H and O–H groups in total. The predicted octanol–water partition coefficient (Wildman–Crippen LogP) is 4.59. The van der Waals surface area contributed by atoms with Crippen LogP contribution in [0, 0.1) is 6.57 Å². The van der Waals surface area contributed by atoms with Crippen molar-refractivity contribution >= 4 is 17.5 Å². The number of benzene rings is 1. The van der Waals surface area contributed by atoms with Crippen LogP contribution < -0.4 is 0 Å². The fraction of sp³-hybridized carbons (Fsp3) is 0.467. The average molecular weight is 331 g/mol. The molecule has 120 valence electrons. The molecule has 0 heterocycles. The van der Waals surface area contributed by atoms with E-state index in [0.29, 0.717) is 6.61 Å². The van der Waals surface area contributed by atoms with Crippen LogP contribution in [0.15, 0.2) is 29.2 Å². The van der Waals surface area contributed by atoms with Gasteiger partial charge >= 0.3 is 5.51 Å². The van der Waals surface area contributed by atoms with Gasteiger partial charge in [0.2, 0.25) is 0 Å². The standard InChI is InChI=1S/C15H16F3NO2S/c1-4-21-10-14(2,19-3)9-13(20)11-5-7-12(8-6-11)22-15(16,17)18/h5-8H,4,9-10H2,1-2H3. The van der Waals surface area contributed by atoms with Crippen LogP contribution in [0.5, 0.6) is 0 Å². The van der Waals surface area contributed by atoms with E-state index >= 15 is 0 Å². The Labute approximate surface area is 131 Å². The number of nitrogens with zero attached hydrogens (tertiary/aromatic N) is 1. The number of carbonyl (C=O) groups excluding carboxylic acids is 1. The van der Waals surface area contributed by atoms with E-state index in [1.165, 1.54) is 24.3 Å². The van der Waals surface area contributed by atoms with Gasteiger partial charge in [-0.2, -0.15) is 13.2 Å². The molecule has 0 aliphatic heterocycles. The Balaban J connectivity index is 2.75. The molecule has 1 unspecified atom stereocenters. The number of hydrogen-bond acceptors (Lipinski definition) is 3. The quantitative estimate of drug-likeness (QED) is 0.416. The van der Waals surface area contributed by atoms with Crippen molar-refractivity contribution < 1.29 is 22.7 Å². The summed E-state index contributed by atoms with van der Waals surface area (Å²) in [6, 6.07) is 5.20. The lowest BCUT2D eigenvalue weighted by Crippen LogP contribution is -2.30. The van der Waals surface area contributed by atoms with Crippen molar-refractivity contribution in [1.82, 2.24) is 0 Å². The molecule has 1 aromatic rings. The minimum absolute atomic E-state index is 0.0197. The van der Waals surface area contributed by atoms with Crippen LogP contribution in [-0.2, 0) is 4.74 Å². The van der Waals surface area contributed by atoms with Gasteiger partial charge in [-0.3, -0.25) is 4.79 Å². The number of ketones is 1. The van der Waals surface area contributed by atoms with Gasteiger partial charge in [-0.05, 0) is 30.8 Å². The van der Waals surface area contributed by atoms with Crippen LogP contribution in [0.3, 0.4) is 0 Å². The van der Waals surface area contributed by atoms with Crippen molar-refractivity contribution in [3.8, 4) is 0 Å². The normalized spacial score (nSPS) is 14.2. The number of Topliss-reactive ketones (excluding diaryl/α,β-unsaturated/α-hetero) is 1. The fourth-order valence-electron chi connectivity index (χ4n) is 1.74. The zero-order valence-electron chi connectivity index (χ0n) is 12.2. The highest BCUT2D eigenvalue weighted by molar-refractivity contribution is 8.00. The number of thioether (sulfide) groups is 1. The summed E-state index contributed by atoms with van der Waals surface area (Å²) in [5, 5.41) is 0. The van der Waals surface area contributed by atoms with Crippen LogP contribution in [-0.4, -0.2) is 30.0 Å². The number of hydrogen-bond donors (Lipinski definition) is 0. The zero-order valence-corrected chi connectivity index (χ0v) is 13.1. The van der Waals surface area contributed by atoms with Crippen molar-refractivity contribution in [2.24, 2.45) is 0 Å². The summed E-state index contributed by atoms with van der Waals surface area (Å²) < 4.78 is 41.9. The second-order valence-electron chi connectivity index (χ2n) is 4.92. The van der Waals surface area contributed by atoms with E-state index in [4.69, 9.17) is 11.3 Å². The number of rotatable bonds is 7. The summed E-state index contributed by atoms with van der Waals surface area (Å²) >= 11 is -0.230. The smallest absolute Gasteiger partial charge is 0.373 e. The molecule has 0 aliphatic rings. The second kappa shape index (κ2) is 7.65. The number of alkyl halides is 3. The van der Waals surface area contributed by atoms with E-state index in [0.717, 1.165) is 0 Å². The molecule has 3 nitrogen and oxygen atoms in total. The minimum atomic E-state index is -4.36. The maximum absolute atomic E-state index is 12.2. The van der Waals surface area contributed by atoms with Crippen LogP contribution in [0.1, 0.15) is 30.6 Å². The highest BCUT2D eigenvalue weighted by Gasteiger charge is 2.34. The molecule has 1 aromatic carbocycles. The van der Waals surface area contributed by atoms with Gasteiger partial charge in [-0.1, -0.05) is 12.1 Å². The lowest BCUT2D eigenvalue weighted by molar-refractivity contribution is -0.0328. The highest BCUT2D eigenvalue weighted by atomic mass is 32.2. The molecule has 1 atom stereocenters. The van der Waals surface area contributed by atoms with E-state index in [9.17, 15) is 18.0 Å². The molecular formula is C15H16F3NO2S. The van der Waals surface area contributed by atoms with Gasteiger partial charge in [0.1, 0.15) is 6.61 Å². The Hall–Kier alpha value is -1.52. The fourth-order valence-corrected chi connectivity index (χ4v) is 2.27. The van der Waals surface area contributed by atoms with Crippen molar-refractivity contribution in [2.45, 2.75) is 36.2 Å². The number of halogens is 3. The monoisotopic (exact) mass is 331 g/mol. The van der Waals surface area contributed by atoms with Crippen LogP contribution in [0.4, 0.5) is 13.2 Å². The summed E-state index contributed by atoms with van der Waals surface area (Å²) in [5.74, 6) is -0.290. The highest BCUT2D eigenvalue weighted by Crippen LogP contribution is 2.36. The molecule has 7 heteroatoms. The minimum Gasteiger partial charge on any atom is -0.373 e. The summed E-state index contributed by atoms with van der Waals surface area (Å²) in [7, 11) is 0. The van der Waals surface area contributed by atoms with E-state index in [1.807, 2.05) is 0 Å². The van der Waals surface area contributed by atoms with Gasteiger partial charge in [0.15, 0.2) is 5.78 Å². The summed E-state index contributed by atoms with van der Waals surface area (Å²) in [5.41, 5.74) is -5.03. The number of carbonyl (C=O) groups is 1. The molecule has 0 saturated heterocycles. The van der Waals surface area contributed by atoms with Crippen molar-refractivity contribution in [3.05, 3.63) is 41.2 Å². The van der Waals surface area contributed by atoms with Crippen LogP contribution in [0.25, 0.3) is 4.85 Å². The summed E-state index contributed by atoms with van der Waals surface area (Å²) in [6.45, 7) is 11.2. The van der Waals surface area contributed by atoms with Crippen molar-refractivity contribution in [2.75, 3.05) is 13.2 Å². The Kier molecular flexibility index (Phi) is 6.45. The van der Waals surface area contributed by atoms with Gasteiger partial charge in [-0.15, -0.1) is 0 Å². The van der Waals surface area contributed by atoms with E-state index in [1.54, 1.807) is 13.8 Å². The van der Waals surface area contributed by atoms with Crippen molar-refractivity contribution in [1.29, 1.82) is 0 Å². The first kappa shape index (κ1) is 18.5. The summed E-state index contributed by atoms with van der Waals surface area (Å²) in [4.78, 5) is 15.6. The van der Waals surface area contributed by atoms with Gasteiger partial charge in [-0.25, -0.2) is 6.57 Å². The van der Waals surface area contributed by atoms with E-state index < -0.39 is 11.0 Å². The molecule has 0 bridgehead atoms. The lowest BCUT2D eigenvalue weighted by Gasteiger charge is -2.16. The topological polar surface area (TPSA) is 30.7 Å². The Morgan fingerprint density at radius 2 is 1.91 bits per heavy atom. The van der Waals surface area contributed by atoms with Crippen LogP contribution >= 0.6 is 11.8 Å². The maximum atomic E-state index is 12.2. The molecule has 0 aliphatic carbocycles. The van der Waals surface area contributed by atoms with E-state index in [2.05, 4.69) is 4.85 Å². The Morgan fingerprint density at radius 1 is 1.32 bits per heavy atom. The van der Waals surface area contributed by atoms with Crippen molar-refractivity contribution in [3.63, 3.8) is 0 Å². The molecule has 0 amide bonds. The SMILES string of the molecule is [C-]#[N+]C(C)(COCC)CC(=O)c1ccc(SC(F)(F)F)cc1. The Bertz CT molecular complexity index is 551. The third-order valence-electron chi connectivity index (χ3n) is 2.84. The van der Waals surface area contributed by atoms with Gasteiger partial charge in [0.05, 0.1) is 6.42 Å². The number of ether oxygens (including phenoxy) is 1. The predicted molar refractivity (Wildman–Crippen MR) is 78.8 cm³/mol. The molecule has 0 aromatic heterocycles. The third-order valence-corrected chi connectivity index (χ3v) is 3.58. The second-order valence-corrected chi connectivity index (χ2v) is 6.06. The molecule has 0 fully saturated rings. The average Bonchev–Trinajstić information content (AvgIpc) is 2.44. The molecule has 1 rings (SSSR count). The first-order valence-corrected chi connectivity index (χ1v) is 7.36. The molecular weight excluding hydrogens is 315 g/mol. The van der Waals surface area contributed by atoms with Crippen LogP contribution in [0.2, 0.25) is 0 Å². The zero-order chi connectivity index (χ0) is 16.8. The first-order chi connectivity index (χ1) is 10.2. The maximum Gasteiger partial charge on any atom is 0.446 e. The largest absolute Gasteiger partial charge is 0.446 e. The Morgan fingerprint density at radius 3 is 2.36 bits per heavy atom. The van der Waals surface area contributed by atoms with Gasteiger partial charge in [0.25, 0.3) is 5.54 Å².